The zero-order valence-corrected chi connectivity index (χ0v) is 14.9. The minimum Gasteiger partial charge on any atom is -0.459 e. The Kier molecular flexibility index (Phi) is 5.81. The van der Waals surface area contributed by atoms with Crippen LogP contribution in [0.5, 0.6) is 11.5 Å². The molecular formula is C19H12F3N3O5. The average molecular weight is 419 g/mol. The number of nitro groups is 1. The fraction of sp³-hybridized carbons (Fsp3) is 0.0526. The SMILES string of the molecule is O=C(N/N=C/c1ccccc1Oc1ccc(C(F)(F)F)cc1[N+](=O)[O-])c1ccco1. The van der Waals surface area contributed by atoms with Gasteiger partial charge in [0, 0.05) is 11.6 Å². The summed E-state index contributed by atoms with van der Waals surface area (Å²) in [6.07, 6.45) is -2.20. The van der Waals surface area contributed by atoms with Gasteiger partial charge >= 0.3 is 17.8 Å². The lowest BCUT2D eigenvalue weighted by atomic mass is 10.1. The highest BCUT2D eigenvalue weighted by molar-refractivity contribution is 5.92. The number of carbonyl (C=O) groups excluding carboxylic acids is 1. The molecule has 3 aromatic rings. The van der Waals surface area contributed by atoms with Gasteiger partial charge in [0.15, 0.2) is 5.76 Å². The second-order valence-electron chi connectivity index (χ2n) is 5.75. The molecule has 8 nitrogen and oxygen atoms in total. The molecule has 0 aliphatic carbocycles. The number of carbonyl (C=O) groups is 1. The van der Waals surface area contributed by atoms with Gasteiger partial charge in [-0.15, -0.1) is 0 Å². The van der Waals surface area contributed by atoms with Crippen LogP contribution < -0.4 is 10.2 Å². The Morgan fingerprint density at radius 1 is 1.13 bits per heavy atom. The van der Waals surface area contributed by atoms with Crippen molar-refractivity contribution in [1.82, 2.24) is 5.43 Å². The third kappa shape index (κ3) is 4.82. The molecule has 1 aromatic heterocycles. The third-order valence-electron chi connectivity index (χ3n) is 3.74. The van der Waals surface area contributed by atoms with E-state index in [-0.39, 0.29) is 17.3 Å². The first-order valence-electron chi connectivity index (χ1n) is 8.25. The molecule has 0 aliphatic rings. The topological polar surface area (TPSA) is 107 Å². The van der Waals surface area contributed by atoms with Gasteiger partial charge in [0.1, 0.15) is 5.75 Å². The summed E-state index contributed by atoms with van der Waals surface area (Å²) in [6, 6.07) is 11.1. The molecule has 0 saturated heterocycles. The number of hydrogen-bond acceptors (Lipinski definition) is 6. The smallest absolute Gasteiger partial charge is 0.416 e. The number of benzene rings is 2. The molecule has 1 N–H and O–H groups in total. The number of para-hydroxylation sites is 1. The fourth-order valence-corrected chi connectivity index (χ4v) is 2.34. The highest BCUT2D eigenvalue weighted by atomic mass is 19.4. The van der Waals surface area contributed by atoms with Crippen LogP contribution in [0.25, 0.3) is 0 Å². The van der Waals surface area contributed by atoms with Crippen LogP contribution in [0, 0.1) is 10.1 Å². The molecule has 30 heavy (non-hydrogen) atoms. The maximum atomic E-state index is 12.8. The van der Waals surface area contributed by atoms with Crippen molar-refractivity contribution >= 4 is 17.8 Å². The van der Waals surface area contributed by atoms with Gasteiger partial charge in [-0.2, -0.15) is 18.3 Å². The Hall–Kier alpha value is -4.15. The summed E-state index contributed by atoms with van der Waals surface area (Å²) in [7, 11) is 0. The van der Waals surface area contributed by atoms with Crippen molar-refractivity contribution in [1.29, 1.82) is 0 Å². The van der Waals surface area contributed by atoms with E-state index in [1.807, 2.05) is 0 Å². The number of nitro benzene ring substituents is 1. The van der Waals surface area contributed by atoms with Crippen LogP contribution in [0.1, 0.15) is 21.7 Å². The van der Waals surface area contributed by atoms with E-state index in [1.54, 1.807) is 12.1 Å². The van der Waals surface area contributed by atoms with Gasteiger partial charge in [0.05, 0.1) is 23.0 Å². The lowest BCUT2D eigenvalue weighted by Gasteiger charge is -2.11. The number of alkyl halides is 3. The van der Waals surface area contributed by atoms with Crippen LogP contribution >= 0.6 is 0 Å². The lowest BCUT2D eigenvalue weighted by molar-refractivity contribution is -0.385. The first-order valence-corrected chi connectivity index (χ1v) is 8.25. The maximum Gasteiger partial charge on any atom is 0.416 e. The molecule has 0 fully saturated rings. The minimum atomic E-state index is -4.74. The summed E-state index contributed by atoms with van der Waals surface area (Å²) in [4.78, 5) is 22.0. The number of nitrogens with one attached hydrogen (secondary N) is 1. The predicted octanol–water partition coefficient (Wildman–Crippen LogP) is 4.76. The Morgan fingerprint density at radius 3 is 2.57 bits per heavy atom. The molecule has 1 heterocycles. The van der Waals surface area contributed by atoms with Crippen LogP contribution in [0.2, 0.25) is 0 Å². The number of amides is 1. The average Bonchev–Trinajstić information content (AvgIpc) is 3.23. The second kappa shape index (κ2) is 8.47. The van der Waals surface area contributed by atoms with Crippen molar-refractivity contribution < 1.29 is 32.0 Å². The largest absolute Gasteiger partial charge is 0.459 e. The Bertz CT molecular complexity index is 1100. The molecule has 1 amide bonds. The van der Waals surface area contributed by atoms with Crippen molar-refractivity contribution in [3.8, 4) is 11.5 Å². The van der Waals surface area contributed by atoms with E-state index < -0.39 is 28.3 Å². The molecule has 11 heteroatoms. The number of rotatable bonds is 6. The zero-order valence-electron chi connectivity index (χ0n) is 14.9. The summed E-state index contributed by atoms with van der Waals surface area (Å²) in [6.45, 7) is 0. The molecular weight excluding hydrogens is 407 g/mol. The number of furan rings is 1. The van der Waals surface area contributed by atoms with Crippen molar-refractivity contribution in [2.45, 2.75) is 6.18 Å². The highest BCUT2D eigenvalue weighted by Crippen LogP contribution is 2.38. The molecule has 0 atom stereocenters. The first kappa shape index (κ1) is 20.6. The second-order valence-corrected chi connectivity index (χ2v) is 5.75. The van der Waals surface area contributed by atoms with E-state index in [9.17, 15) is 28.1 Å². The molecule has 0 radical (unpaired) electrons. The maximum absolute atomic E-state index is 12.8. The van der Waals surface area contributed by atoms with Gasteiger partial charge in [-0.3, -0.25) is 14.9 Å². The quantitative estimate of drug-likeness (QED) is 0.352. The van der Waals surface area contributed by atoms with Crippen molar-refractivity contribution in [2.75, 3.05) is 0 Å². The normalized spacial score (nSPS) is 11.4. The molecule has 0 saturated carbocycles. The van der Waals surface area contributed by atoms with Crippen LogP contribution in [0.4, 0.5) is 18.9 Å². The summed E-state index contributed by atoms with van der Waals surface area (Å²) in [5.41, 5.74) is 0.524. The van der Waals surface area contributed by atoms with Gasteiger partial charge in [0.2, 0.25) is 5.75 Å². The number of halogens is 3. The van der Waals surface area contributed by atoms with Gasteiger partial charge in [0.25, 0.3) is 0 Å². The van der Waals surface area contributed by atoms with E-state index in [4.69, 9.17) is 9.15 Å². The first-order chi connectivity index (χ1) is 14.3. The number of hydrogen-bond donors (Lipinski definition) is 1. The van der Waals surface area contributed by atoms with E-state index in [0.717, 1.165) is 6.07 Å². The predicted molar refractivity (Wildman–Crippen MR) is 98.4 cm³/mol. The molecule has 0 unspecified atom stereocenters. The molecule has 0 aliphatic heterocycles. The van der Waals surface area contributed by atoms with E-state index in [0.29, 0.717) is 17.7 Å². The summed E-state index contributed by atoms with van der Waals surface area (Å²) < 4.78 is 48.9. The highest BCUT2D eigenvalue weighted by Gasteiger charge is 2.33. The third-order valence-corrected chi connectivity index (χ3v) is 3.74. The van der Waals surface area contributed by atoms with E-state index >= 15 is 0 Å². The Morgan fingerprint density at radius 2 is 1.90 bits per heavy atom. The number of hydrazone groups is 1. The molecule has 0 bridgehead atoms. The van der Waals surface area contributed by atoms with Crippen molar-refractivity contribution in [3.63, 3.8) is 0 Å². The van der Waals surface area contributed by atoms with Gasteiger partial charge in [-0.05, 0) is 36.4 Å². The van der Waals surface area contributed by atoms with Crippen LogP contribution in [-0.4, -0.2) is 17.0 Å². The van der Waals surface area contributed by atoms with Crippen LogP contribution in [-0.2, 0) is 6.18 Å². The molecule has 2 aromatic carbocycles. The van der Waals surface area contributed by atoms with Crippen LogP contribution in [0.3, 0.4) is 0 Å². The molecule has 3 rings (SSSR count). The van der Waals surface area contributed by atoms with Crippen molar-refractivity contribution in [3.05, 3.63) is 87.9 Å². The van der Waals surface area contributed by atoms with Crippen LogP contribution in [0.15, 0.2) is 70.4 Å². The summed E-state index contributed by atoms with van der Waals surface area (Å²) in [5, 5.41) is 15.0. The monoisotopic (exact) mass is 419 g/mol. The summed E-state index contributed by atoms with van der Waals surface area (Å²) in [5.74, 6) is -0.866. The van der Waals surface area contributed by atoms with Gasteiger partial charge < -0.3 is 9.15 Å². The van der Waals surface area contributed by atoms with Gasteiger partial charge in [-0.25, -0.2) is 5.43 Å². The zero-order chi connectivity index (χ0) is 21.7. The Labute approximate surface area is 166 Å². The molecule has 154 valence electrons. The van der Waals surface area contributed by atoms with Gasteiger partial charge in [-0.1, -0.05) is 12.1 Å². The standard InChI is InChI=1S/C19H12F3N3O5/c20-19(21,22)13-7-8-16(14(10-13)25(27)28)30-15-5-2-1-4-12(15)11-23-24-18(26)17-6-3-9-29-17/h1-11H,(H,24,26)/b23-11+. The van der Waals surface area contributed by atoms with Crippen molar-refractivity contribution in [2.24, 2.45) is 5.10 Å². The molecule has 0 spiro atoms. The lowest BCUT2D eigenvalue weighted by Crippen LogP contribution is -2.16. The van der Waals surface area contributed by atoms with E-state index in [1.165, 1.54) is 36.7 Å². The number of nitrogens with zero attached hydrogens (tertiary/aromatic N) is 2. The fourth-order valence-electron chi connectivity index (χ4n) is 2.34. The number of ether oxygens (including phenoxy) is 1. The van der Waals surface area contributed by atoms with E-state index in [2.05, 4.69) is 10.5 Å². The summed E-state index contributed by atoms with van der Waals surface area (Å²) >= 11 is 0. The Balaban J connectivity index is 1.83. The minimum absolute atomic E-state index is 0.0389.